The van der Waals surface area contributed by atoms with Crippen molar-refractivity contribution < 1.29 is 10.0 Å². The molecule has 1 aromatic heterocycles. The van der Waals surface area contributed by atoms with Crippen LogP contribution in [0.2, 0.25) is 0 Å². The van der Waals surface area contributed by atoms with Crippen LogP contribution in [0.25, 0.3) is 0 Å². The van der Waals surface area contributed by atoms with E-state index in [1.165, 1.54) is 0 Å². The molecule has 0 bridgehead atoms. The second-order valence-corrected chi connectivity index (χ2v) is 4.72. The molecule has 1 aromatic rings. The minimum absolute atomic E-state index is 0.0650. The van der Waals surface area contributed by atoms with Gasteiger partial charge >= 0.3 is 5.69 Å². The van der Waals surface area contributed by atoms with E-state index in [0.29, 0.717) is 30.9 Å². The molecule has 0 radical (unpaired) electrons. The molecule has 0 aromatic carbocycles. The Morgan fingerprint density at radius 3 is 2.58 bits per heavy atom. The molecule has 7 nitrogen and oxygen atoms in total. The summed E-state index contributed by atoms with van der Waals surface area (Å²) in [6.07, 6.45) is 1.10. The van der Waals surface area contributed by atoms with Crippen molar-refractivity contribution in [2.24, 2.45) is 7.05 Å². The van der Waals surface area contributed by atoms with Crippen molar-refractivity contribution >= 4 is 11.5 Å². The molecule has 0 aliphatic rings. The Morgan fingerprint density at radius 1 is 1.53 bits per heavy atom. The molecule has 7 heteroatoms. The lowest BCUT2D eigenvalue weighted by Gasteiger charge is -2.27. The number of anilines is 1. The monoisotopic (exact) mass is 270 g/mol. The number of aliphatic hydroxyl groups excluding tert-OH is 1. The van der Waals surface area contributed by atoms with Crippen LogP contribution in [0.4, 0.5) is 11.5 Å². The Labute approximate surface area is 113 Å². The maximum Gasteiger partial charge on any atom is 0.334 e. The van der Waals surface area contributed by atoms with E-state index in [-0.39, 0.29) is 23.3 Å². The van der Waals surface area contributed by atoms with Gasteiger partial charge in [-0.2, -0.15) is 5.10 Å². The fraction of sp³-hybridized carbons (Fsp3) is 0.750. The molecule has 0 fully saturated rings. The highest BCUT2D eigenvalue weighted by atomic mass is 16.6. The van der Waals surface area contributed by atoms with Crippen molar-refractivity contribution in [2.45, 2.75) is 39.7 Å². The summed E-state index contributed by atoms with van der Waals surface area (Å²) in [5.74, 6) is 0.519. The largest absolute Gasteiger partial charge is 0.396 e. The van der Waals surface area contributed by atoms with Gasteiger partial charge in [-0.25, -0.2) is 4.68 Å². The first-order valence-electron chi connectivity index (χ1n) is 6.51. The highest BCUT2D eigenvalue weighted by Gasteiger charge is 2.30. The number of hydrogen-bond donors (Lipinski definition) is 1. The SMILES string of the molecule is CCc1nn(C)c(N(CCCO)C(C)C)c1[N+](=O)[O-]. The third kappa shape index (κ3) is 3.23. The van der Waals surface area contributed by atoms with Crippen LogP contribution in [0.3, 0.4) is 0 Å². The highest BCUT2D eigenvalue weighted by Crippen LogP contribution is 2.32. The first kappa shape index (κ1) is 15.4. The van der Waals surface area contributed by atoms with E-state index in [1.54, 1.807) is 11.7 Å². The number of nitro groups is 1. The minimum Gasteiger partial charge on any atom is -0.396 e. The highest BCUT2D eigenvalue weighted by molar-refractivity contribution is 5.62. The molecule has 19 heavy (non-hydrogen) atoms. The van der Waals surface area contributed by atoms with Crippen molar-refractivity contribution in [1.82, 2.24) is 9.78 Å². The smallest absolute Gasteiger partial charge is 0.334 e. The van der Waals surface area contributed by atoms with E-state index in [2.05, 4.69) is 5.10 Å². The van der Waals surface area contributed by atoms with Crippen molar-refractivity contribution in [3.8, 4) is 0 Å². The summed E-state index contributed by atoms with van der Waals surface area (Å²) in [7, 11) is 1.72. The number of rotatable bonds is 7. The summed E-state index contributed by atoms with van der Waals surface area (Å²) in [5, 5.41) is 24.5. The molecule has 0 saturated carbocycles. The fourth-order valence-corrected chi connectivity index (χ4v) is 2.15. The summed E-state index contributed by atoms with van der Waals surface area (Å²) in [6.45, 7) is 6.43. The Balaban J connectivity index is 3.28. The van der Waals surface area contributed by atoms with Gasteiger partial charge in [-0.15, -0.1) is 0 Å². The van der Waals surface area contributed by atoms with Gasteiger partial charge in [0.15, 0.2) is 0 Å². The Bertz CT molecular complexity index is 442. The number of aromatic nitrogens is 2. The number of aliphatic hydroxyl groups is 1. The summed E-state index contributed by atoms with van der Waals surface area (Å²) in [6, 6.07) is 0.102. The lowest BCUT2D eigenvalue weighted by atomic mass is 10.2. The van der Waals surface area contributed by atoms with Crippen LogP contribution >= 0.6 is 0 Å². The van der Waals surface area contributed by atoms with Crippen molar-refractivity contribution in [3.63, 3.8) is 0 Å². The normalized spacial score (nSPS) is 11.1. The number of aryl methyl sites for hydroxylation is 2. The van der Waals surface area contributed by atoms with Crippen LogP contribution in [0.5, 0.6) is 0 Å². The molecule has 0 spiro atoms. The molecular weight excluding hydrogens is 248 g/mol. The number of nitrogens with zero attached hydrogens (tertiary/aromatic N) is 4. The molecular formula is C12H22N4O3. The van der Waals surface area contributed by atoms with E-state index < -0.39 is 0 Å². The molecule has 108 valence electrons. The van der Waals surface area contributed by atoms with Gasteiger partial charge in [-0.1, -0.05) is 6.92 Å². The van der Waals surface area contributed by atoms with Crippen molar-refractivity contribution in [3.05, 3.63) is 15.8 Å². The molecule has 0 atom stereocenters. The van der Waals surface area contributed by atoms with Gasteiger partial charge in [0.1, 0.15) is 5.69 Å². The Kier molecular flexibility index (Phi) is 5.29. The second kappa shape index (κ2) is 6.51. The lowest BCUT2D eigenvalue weighted by molar-refractivity contribution is -0.384. The summed E-state index contributed by atoms with van der Waals surface area (Å²) >= 11 is 0. The first-order valence-corrected chi connectivity index (χ1v) is 6.51. The van der Waals surface area contributed by atoms with Gasteiger partial charge in [0.2, 0.25) is 5.82 Å². The Morgan fingerprint density at radius 2 is 2.16 bits per heavy atom. The third-order valence-electron chi connectivity index (χ3n) is 3.03. The minimum atomic E-state index is -0.366. The predicted octanol–water partition coefficient (Wildman–Crippen LogP) is 1.49. The molecule has 0 aliphatic carbocycles. The standard InChI is InChI=1S/C12H22N4O3/c1-5-10-11(16(18)19)12(14(4)13-10)15(9(2)3)7-6-8-17/h9,17H,5-8H2,1-4H3. The van der Waals surface area contributed by atoms with Crippen LogP contribution < -0.4 is 4.90 Å². The van der Waals surface area contributed by atoms with Crippen molar-refractivity contribution in [1.29, 1.82) is 0 Å². The van der Waals surface area contributed by atoms with Crippen LogP contribution in [0.1, 0.15) is 32.9 Å². The fourth-order valence-electron chi connectivity index (χ4n) is 2.15. The topological polar surface area (TPSA) is 84.4 Å². The van der Waals surface area contributed by atoms with Gasteiger partial charge in [-0.3, -0.25) is 10.1 Å². The lowest BCUT2D eigenvalue weighted by Crippen LogP contribution is -2.34. The zero-order valence-electron chi connectivity index (χ0n) is 12.0. The van der Waals surface area contributed by atoms with Crippen LogP contribution in [0, 0.1) is 10.1 Å². The molecule has 1 N–H and O–H groups in total. The number of hydrogen-bond acceptors (Lipinski definition) is 5. The molecule has 1 heterocycles. The maximum atomic E-state index is 11.3. The van der Waals surface area contributed by atoms with E-state index in [4.69, 9.17) is 5.11 Å². The Hall–Kier alpha value is -1.63. The van der Waals surface area contributed by atoms with Crippen LogP contribution in [0.15, 0.2) is 0 Å². The van der Waals surface area contributed by atoms with Gasteiger partial charge in [0.05, 0.1) is 4.92 Å². The molecule has 0 aliphatic heterocycles. The molecule has 0 saturated heterocycles. The predicted molar refractivity (Wildman–Crippen MR) is 73.4 cm³/mol. The van der Waals surface area contributed by atoms with Gasteiger partial charge in [0.25, 0.3) is 0 Å². The van der Waals surface area contributed by atoms with Gasteiger partial charge in [-0.05, 0) is 26.7 Å². The second-order valence-electron chi connectivity index (χ2n) is 4.72. The van der Waals surface area contributed by atoms with E-state index in [1.807, 2.05) is 25.7 Å². The van der Waals surface area contributed by atoms with Gasteiger partial charge in [0, 0.05) is 26.2 Å². The van der Waals surface area contributed by atoms with Gasteiger partial charge < -0.3 is 10.0 Å². The van der Waals surface area contributed by atoms with E-state index in [0.717, 1.165) is 0 Å². The van der Waals surface area contributed by atoms with Crippen LogP contribution in [-0.4, -0.2) is 39.0 Å². The zero-order chi connectivity index (χ0) is 14.6. The molecule has 0 unspecified atom stereocenters. The summed E-state index contributed by atoms with van der Waals surface area (Å²) < 4.78 is 1.56. The third-order valence-corrected chi connectivity index (χ3v) is 3.03. The average molecular weight is 270 g/mol. The zero-order valence-corrected chi connectivity index (χ0v) is 12.0. The maximum absolute atomic E-state index is 11.3. The van der Waals surface area contributed by atoms with E-state index in [9.17, 15) is 10.1 Å². The van der Waals surface area contributed by atoms with Crippen LogP contribution in [-0.2, 0) is 13.5 Å². The molecule has 0 amide bonds. The van der Waals surface area contributed by atoms with Crippen molar-refractivity contribution in [2.75, 3.05) is 18.1 Å². The van der Waals surface area contributed by atoms with E-state index >= 15 is 0 Å². The average Bonchev–Trinajstić information content (AvgIpc) is 2.67. The quantitative estimate of drug-likeness (QED) is 0.599. The molecule has 1 rings (SSSR count). The summed E-state index contributed by atoms with van der Waals surface area (Å²) in [4.78, 5) is 12.8. The first-order chi connectivity index (χ1) is 8.93. The summed E-state index contributed by atoms with van der Waals surface area (Å²) in [5.41, 5.74) is 0.578.